The van der Waals surface area contributed by atoms with Crippen molar-refractivity contribution in [2.75, 3.05) is 32.0 Å². The minimum atomic E-state index is -3.89. The van der Waals surface area contributed by atoms with Crippen LogP contribution in [-0.4, -0.2) is 61.2 Å². The highest BCUT2D eigenvalue weighted by atomic mass is 32.2. The second-order valence-corrected chi connectivity index (χ2v) is 6.11. The fourth-order valence-corrected chi connectivity index (χ4v) is 3.56. The number of morpholine rings is 1. The van der Waals surface area contributed by atoms with Gasteiger partial charge >= 0.3 is 0 Å². The minimum absolute atomic E-state index is 0.0167. The number of aromatic nitrogens is 2. The van der Waals surface area contributed by atoms with Gasteiger partial charge in [0.1, 0.15) is 16.8 Å². The molecule has 20 heavy (non-hydrogen) atoms. The Hall–Kier alpha value is -1.65. The number of hydrogen-bond donors (Lipinski definition) is 3. The van der Waals surface area contributed by atoms with E-state index in [1.54, 1.807) is 6.92 Å². The van der Waals surface area contributed by atoms with Crippen molar-refractivity contribution in [3.63, 3.8) is 0 Å². The van der Waals surface area contributed by atoms with Crippen molar-refractivity contribution in [3.8, 4) is 0 Å². The summed E-state index contributed by atoms with van der Waals surface area (Å²) in [6.07, 6.45) is 1.13. The summed E-state index contributed by atoms with van der Waals surface area (Å²) in [7, 11) is -3.89. The SMILES string of the molecule is CCNC(=O)C1COCCN1S(=O)(=O)c1cn[nH]c1N. The van der Waals surface area contributed by atoms with Crippen LogP contribution in [0, 0.1) is 0 Å². The number of carbonyl (C=O) groups is 1. The Morgan fingerprint density at radius 3 is 3.05 bits per heavy atom. The quantitative estimate of drug-likeness (QED) is 0.621. The first-order valence-electron chi connectivity index (χ1n) is 6.14. The number of nitrogens with two attached hydrogens (primary N) is 1. The lowest BCUT2D eigenvalue weighted by Crippen LogP contribution is -2.55. The standard InChI is InChI=1S/C10H17N5O4S/c1-2-12-10(16)7-6-19-4-3-15(7)20(17,18)8-5-13-14-9(8)11/h5,7H,2-4,6H2,1H3,(H,12,16)(H3,11,13,14). The molecule has 1 atom stereocenters. The largest absolute Gasteiger partial charge is 0.383 e. The highest BCUT2D eigenvalue weighted by Gasteiger charge is 2.39. The maximum Gasteiger partial charge on any atom is 0.249 e. The fourth-order valence-electron chi connectivity index (χ4n) is 1.99. The first-order valence-corrected chi connectivity index (χ1v) is 7.58. The van der Waals surface area contributed by atoms with E-state index in [1.165, 1.54) is 0 Å². The maximum absolute atomic E-state index is 12.5. The number of aromatic amines is 1. The number of anilines is 1. The van der Waals surface area contributed by atoms with E-state index in [9.17, 15) is 13.2 Å². The molecule has 1 aliphatic heterocycles. The van der Waals surface area contributed by atoms with Crippen molar-refractivity contribution < 1.29 is 17.9 Å². The number of amides is 1. The topological polar surface area (TPSA) is 130 Å². The van der Waals surface area contributed by atoms with Crippen molar-refractivity contribution in [2.24, 2.45) is 0 Å². The van der Waals surface area contributed by atoms with Gasteiger partial charge in [-0.05, 0) is 6.92 Å². The zero-order valence-electron chi connectivity index (χ0n) is 11.0. The van der Waals surface area contributed by atoms with Crippen LogP contribution in [0.1, 0.15) is 6.92 Å². The van der Waals surface area contributed by atoms with E-state index in [4.69, 9.17) is 10.5 Å². The molecule has 4 N–H and O–H groups in total. The molecule has 1 amide bonds. The normalized spacial score (nSPS) is 20.8. The number of rotatable bonds is 4. The molecule has 1 saturated heterocycles. The van der Waals surface area contributed by atoms with E-state index in [2.05, 4.69) is 15.5 Å². The average molecular weight is 303 g/mol. The number of nitrogens with zero attached hydrogens (tertiary/aromatic N) is 2. The van der Waals surface area contributed by atoms with Gasteiger partial charge in [-0.25, -0.2) is 8.42 Å². The van der Waals surface area contributed by atoms with Crippen LogP contribution in [0.4, 0.5) is 5.82 Å². The van der Waals surface area contributed by atoms with E-state index >= 15 is 0 Å². The van der Waals surface area contributed by atoms with Crippen LogP contribution in [0.2, 0.25) is 0 Å². The molecular weight excluding hydrogens is 286 g/mol. The Morgan fingerprint density at radius 2 is 2.45 bits per heavy atom. The number of ether oxygens (including phenoxy) is 1. The van der Waals surface area contributed by atoms with Crippen LogP contribution in [0.3, 0.4) is 0 Å². The van der Waals surface area contributed by atoms with Crippen LogP contribution in [0.5, 0.6) is 0 Å². The molecule has 0 radical (unpaired) electrons. The van der Waals surface area contributed by atoms with Gasteiger partial charge in [-0.15, -0.1) is 0 Å². The number of nitrogen functional groups attached to an aromatic ring is 1. The first-order chi connectivity index (χ1) is 9.48. The Bertz CT molecular complexity index is 584. The van der Waals surface area contributed by atoms with Gasteiger partial charge in [-0.1, -0.05) is 0 Å². The third-order valence-corrected chi connectivity index (χ3v) is 4.89. The highest BCUT2D eigenvalue weighted by Crippen LogP contribution is 2.23. The number of likely N-dealkylation sites (N-methyl/N-ethyl adjacent to an activating group) is 1. The molecular formula is C10H17N5O4S. The molecule has 1 aliphatic rings. The predicted molar refractivity (Wildman–Crippen MR) is 70.2 cm³/mol. The Morgan fingerprint density at radius 1 is 1.70 bits per heavy atom. The van der Waals surface area contributed by atoms with Crippen LogP contribution in [0.25, 0.3) is 0 Å². The Balaban J connectivity index is 2.32. The zero-order valence-corrected chi connectivity index (χ0v) is 11.8. The number of H-pyrrole nitrogens is 1. The zero-order chi connectivity index (χ0) is 14.8. The van der Waals surface area contributed by atoms with E-state index in [0.29, 0.717) is 6.54 Å². The summed E-state index contributed by atoms with van der Waals surface area (Å²) in [5.74, 6) is -0.441. The molecule has 1 unspecified atom stereocenters. The molecule has 1 fully saturated rings. The molecule has 0 saturated carbocycles. The number of nitrogens with one attached hydrogen (secondary N) is 2. The second-order valence-electron chi connectivity index (χ2n) is 4.25. The third-order valence-electron chi connectivity index (χ3n) is 2.95. The lowest BCUT2D eigenvalue weighted by Gasteiger charge is -2.33. The highest BCUT2D eigenvalue weighted by molar-refractivity contribution is 7.89. The molecule has 0 bridgehead atoms. The van der Waals surface area contributed by atoms with Gasteiger partial charge in [0.2, 0.25) is 15.9 Å². The van der Waals surface area contributed by atoms with Crippen LogP contribution in [-0.2, 0) is 19.6 Å². The van der Waals surface area contributed by atoms with Gasteiger partial charge in [0.05, 0.1) is 19.4 Å². The van der Waals surface area contributed by atoms with Gasteiger partial charge in [0.25, 0.3) is 0 Å². The Kier molecular flexibility index (Phi) is 4.26. The van der Waals surface area contributed by atoms with E-state index in [1.807, 2.05) is 0 Å². The van der Waals surface area contributed by atoms with Crippen molar-refractivity contribution in [1.29, 1.82) is 0 Å². The average Bonchev–Trinajstić information content (AvgIpc) is 2.86. The van der Waals surface area contributed by atoms with Gasteiger partial charge in [0.15, 0.2) is 0 Å². The van der Waals surface area contributed by atoms with Crippen molar-refractivity contribution in [2.45, 2.75) is 17.9 Å². The molecule has 9 nitrogen and oxygen atoms in total. The molecule has 10 heteroatoms. The van der Waals surface area contributed by atoms with E-state index < -0.39 is 22.0 Å². The number of sulfonamides is 1. The summed E-state index contributed by atoms with van der Waals surface area (Å²) in [5, 5.41) is 8.57. The fraction of sp³-hybridized carbons (Fsp3) is 0.600. The van der Waals surface area contributed by atoms with Gasteiger partial charge < -0.3 is 15.8 Å². The molecule has 1 aromatic heterocycles. The first kappa shape index (κ1) is 14.8. The third kappa shape index (κ3) is 2.62. The van der Waals surface area contributed by atoms with Crippen molar-refractivity contribution in [1.82, 2.24) is 19.8 Å². The minimum Gasteiger partial charge on any atom is -0.383 e. The molecule has 2 heterocycles. The molecule has 0 aliphatic carbocycles. The van der Waals surface area contributed by atoms with E-state index in [-0.39, 0.29) is 30.5 Å². The summed E-state index contributed by atoms with van der Waals surface area (Å²) in [4.78, 5) is 11.8. The predicted octanol–water partition coefficient (Wildman–Crippen LogP) is -1.48. The van der Waals surface area contributed by atoms with Gasteiger partial charge in [-0.2, -0.15) is 9.40 Å². The summed E-state index contributed by atoms with van der Waals surface area (Å²) in [5.41, 5.74) is 5.56. The summed E-state index contributed by atoms with van der Waals surface area (Å²) in [6, 6.07) is -0.900. The van der Waals surface area contributed by atoms with Gasteiger partial charge in [0, 0.05) is 13.1 Å². The lowest BCUT2D eigenvalue weighted by atomic mass is 10.2. The molecule has 112 valence electrons. The molecule has 2 rings (SSSR count). The smallest absolute Gasteiger partial charge is 0.249 e. The number of carbonyl (C=O) groups excluding carboxylic acids is 1. The summed E-state index contributed by atoms with van der Waals surface area (Å²) >= 11 is 0. The summed E-state index contributed by atoms with van der Waals surface area (Å²) in [6.45, 7) is 2.51. The van der Waals surface area contributed by atoms with Crippen molar-refractivity contribution in [3.05, 3.63) is 6.20 Å². The monoisotopic (exact) mass is 303 g/mol. The van der Waals surface area contributed by atoms with Crippen LogP contribution in [0.15, 0.2) is 11.1 Å². The van der Waals surface area contributed by atoms with Crippen molar-refractivity contribution >= 4 is 21.7 Å². The molecule has 0 spiro atoms. The number of hydrogen-bond acceptors (Lipinski definition) is 6. The summed E-state index contributed by atoms with van der Waals surface area (Å²) < 4.78 is 31.4. The van der Waals surface area contributed by atoms with Crippen LogP contribution < -0.4 is 11.1 Å². The Labute approximate surface area is 116 Å². The van der Waals surface area contributed by atoms with Crippen LogP contribution >= 0.6 is 0 Å². The van der Waals surface area contributed by atoms with E-state index in [0.717, 1.165) is 10.5 Å². The molecule has 0 aromatic carbocycles. The maximum atomic E-state index is 12.5. The lowest BCUT2D eigenvalue weighted by molar-refractivity contribution is -0.129. The van der Waals surface area contributed by atoms with Gasteiger partial charge in [-0.3, -0.25) is 9.89 Å². The second kappa shape index (κ2) is 5.77. The molecule has 1 aromatic rings.